The van der Waals surface area contributed by atoms with E-state index in [-0.39, 0.29) is 12.5 Å². The smallest absolute Gasteiger partial charge is 0.242 e. The fraction of sp³-hybridized carbons (Fsp3) is 0.500. The van der Waals surface area contributed by atoms with Crippen molar-refractivity contribution in [1.29, 1.82) is 0 Å². The van der Waals surface area contributed by atoms with Crippen LogP contribution in [0.5, 0.6) is 11.5 Å². The summed E-state index contributed by atoms with van der Waals surface area (Å²) in [4.78, 5) is 11.5. The Balaban J connectivity index is 2.52. The predicted molar refractivity (Wildman–Crippen MR) is 73.8 cm³/mol. The Morgan fingerprint density at radius 2 is 1.74 bits per heavy atom. The van der Waals surface area contributed by atoms with Crippen LogP contribution in [0, 0.1) is 5.41 Å². The number of nitrogens with one attached hydrogen (secondary N) is 1. The molecule has 3 N–H and O–H groups in total. The number of carbonyl (C=O) groups excluding carboxylic acids is 1. The van der Waals surface area contributed by atoms with Crippen molar-refractivity contribution < 1.29 is 14.3 Å². The first-order valence-electron chi connectivity index (χ1n) is 6.36. The molecule has 0 bridgehead atoms. The summed E-state index contributed by atoms with van der Waals surface area (Å²) >= 11 is 0. The van der Waals surface area contributed by atoms with Gasteiger partial charge in [-0.1, -0.05) is 6.92 Å². The van der Waals surface area contributed by atoms with E-state index >= 15 is 0 Å². The van der Waals surface area contributed by atoms with Gasteiger partial charge in [-0.2, -0.15) is 0 Å². The van der Waals surface area contributed by atoms with Crippen LogP contribution in [-0.4, -0.2) is 19.1 Å². The van der Waals surface area contributed by atoms with Crippen molar-refractivity contribution in [2.75, 3.05) is 13.2 Å². The van der Waals surface area contributed by atoms with Gasteiger partial charge in [0.25, 0.3) is 0 Å². The second kappa shape index (κ2) is 6.99. The molecule has 1 rings (SSSR count). The lowest BCUT2D eigenvalue weighted by atomic mass is 9.94. The van der Waals surface area contributed by atoms with Crippen molar-refractivity contribution >= 4 is 5.91 Å². The lowest BCUT2D eigenvalue weighted by Gasteiger charge is -2.22. The molecule has 1 aromatic rings. The van der Waals surface area contributed by atoms with Crippen LogP contribution in [0.4, 0.5) is 0 Å². The largest absolute Gasteiger partial charge is 0.494 e. The van der Waals surface area contributed by atoms with Crippen LogP contribution in [0.2, 0.25) is 0 Å². The second-order valence-corrected chi connectivity index (χ2v) is 4.97. The maximum Gasteiger partial charge on any atom is 0.242 e. The van der Waals surface area contributed by atoms with Gasteiger partial charge in [0.05, 0.1) is 12.0 Å². The van der Waals surface area contributed by atoms with Crippen LogP contribution in [0.3, 0.4) is 0 Å². The average molecular weight is 266 g/mol. The highest BCUT2D eigenvalue weighted by atomic mass is 16.5. The number of nitrogens with two attached hydrogens (primary N) is 1. The van der Waals surface area contributed by atoms with E-state index in [2.05, 4.69) is 12.3 Å². The molecule has 0 atom stereocenters. The third-order valence-electron chi connectivity index (χ3n) is 2.64. The van der Waals surface area contributed by atoms with Crippen LogP contribution in [0.25, 0.3) is 0 Å². The number of rotatable bonds is 7. The van der Waals surface area contributed by atoms with Crippen LogP contribution in [0.15, 0.2) is 24.3 Å². The Morgan fingerprint density at radius 3 is 2.21 bits per heavy atom. The highest BCUT2D eigenvalue weighted by Crippen LogP contribution is 2.21. The Hall–Kier alpha value is -1.75. The Bertz CT molecular complexity index is 402. The summed E-state index contributed by atoms with van der Waals surface area (Å²) in [6.07, 6.45) is 0.973. The summed E-state index contributed by atoms with van der Waals surface area (Å²) in [5.74, 6) is 6.38. The molecule has 1 amide bonds. The van der Waals surface area contributed by atoms with Gasteiger partial charge >= 0.3 is 0 Å². The highest BCUT2D eigenvalue weighted by Gasteiger charge is 2.27. The van der Waals surface area contributed by atoms with E-state index in [9.17, 15) is 4.79 Å². The highest BCUT2D eigenvalue weighted by molar-refractivity contribution is 5.81. The van der Waals surface area contributed by atoms with Gasteiger partial charge in [0, 0.05) is 0 Å². The summed E-state index contributed by atoms with van der Waals surface area (Å²) in [6.45, 7) is 6.55. The van der Waals surface area contributed by atoms with Gasteiger partial charge in [0.2, 0.25) is 5.91 Å². The third-order valence-corrected chi connectivity index (χ3v) is 2.64. The van der Waals surface area contributed by atoms with E-state index in [0.29, 0.717) is 12.4 Å². The van der Waals surface area contributed by atoms with E-state index < -0.39 is 5.41 Å². The molecule has 0 aliphatic heterocycles. The lowest BCUT2D eigenvalue weighted by molar-refractivity contribution is -0.130. The maximum atomic E-state index is 11.5. The SMILES string of the molecule is CCCOc1ccc(OCC(C)(C)C(=O)NN)cc1. The molecule has 0 spiro atoms. The standard InChI is InChI=1S/C14H22N2O3/c1-4-9-18-11-5-7-12(8-6-11)19-10-14(2,3)13(17)16-15/h5-8H,4,9-10,15H2,1-3H3,(H,16,17). The summed E-state index contributed by atoms with van der Waals surface area (Å²) < 4.78 is 11.1. The predicted octanol–water partition coefficient (Wildman–Crippen LogP) is 1.87. The zero-order chi connectivity index (χ0) is 14.3. The molecule has 0 saturated carbocycles. The van der Waals surface area contributed by atoms with Gasteiger partial charge < -0.3 is 9.47 Å². The molecular formula is C14H22N2O3. The molecule has 5 nitrogen and oxygen atoms in total. The first-order chi connectivity index (χ1) is 8.99. The van der Waals surface area contributed by atoms with E-state index in [1.807, 2.05) is 24.3 Å². The van der Waals surface area contributed by atoms with Gasteiger partial charge in [-0.25, -0.2) is 5.84 Å². The molecule has 0 heterocycles. The van der Waals surface area contributed by atoms with Crippen LogP contribution >= 0.6 is 0 Å². The van der Waals surface area contributed by atoms with Crippen LogP contribution in [-0.2, 0) is 4.79 Å². The topological polar surface area (TPSA) is 73.6 Å². The number of benzene rings is 1. The fourth-order valence-corrected chi connectivity index (χ4v) is 1.38. The Kier molecular flexibility index (Phi) is 5.63. The molecule has 0 unspecified atom stereocenters. The van der Waals surface area contributed by atoms with Gasteiger partial charge in [0.1, 0.15) is 18.1 Å². The second-order valence-electron chi connectivity index (χ2n) is 4.97. The molecule has 0 aliphatic carbocycles. The molecule has 0 aliphatic rings. The lowest BCUT2D eigenvalue weighted by Crippen LogP contribution is -2.44. The summed E-state index contributed by atoms with van der Waals surface area (Å²) in [6, 6.07) is 7.34. The third kappa shape index (κ3) is 4.79. The van der Waals surface area contributed by atoms with Gasteiger partial charge in [-0.3, -0.25) is 10.2 Å². The van der Waals surface area contributed by atoms with Gasteiger partial charge in [-0.15, -0.1) is 0 Å². The number of hydrazine groups is 1. The average Bonchev–Trinajstić information content (AvgIpc) is 2.43. The molecular weight excluding hydrogens is 244 g/mol. The number of carbonyl (C=O) groups is 1. The summed E-state index contributed by atoms with van der Waals surface area (Å²) in [5.41, 5.74) is 1.46. The minimum atomic E-state index is -0.674. The zero-order valence-electron chi connectivity index (χ0n) is 11.7. The molecule has 1 aromatic carbocycles. The van der Waals surface area contributed by atoms with Crippen molar-refractivity contribution in [3.63, 3.8) is 0 Å². The Morgan fingerprint density at radius 1 is 1.21 bits per heavy atom. The van der Waals surface area contributed by atoms with Crippen molar-refractivity contribution in [3.05, 3.63) is 24.3 Å². The van der Waals surface area contributed by atoms with Crippen LogP contribution in [0.1, 0.15) is 27.2 Å². The quantitative estimate of drug-likeness (QED) is 0.449. The monoisotopic (exact) mass is 266 g/mol. The van der Waals surface area contributed by atoms with Crippen molar-refractivity contribution in [3.8, 4) is 11.5 Å². The van der Waals surface area contributed by atoms with Crippen molar-refractivity contribution in [2.24, 2.45) is 11.3 Å². The molecule has 0 fully saturated rings. The number of hydrogen-bond acceptors (Lipinski definition) is 4. The Labute approximate surface area is 114 Å². The molecule has 106 valence electrons. The molecule has 5 heteroatoms. The first kappa shape index (κ1) is 15.3. The minimum Gasteiger partial charge on any atom is -0.494 e. The summed E-state index contributed by atoms with van der Waals surface area (Å²) in [5, 5.41) is 0. The van der Waals surface area contributed by atoms with Gasteiger partial charge in [-0.05, 0) is 44.5 Å². The van der Waals surface area contributed by atoms with Crippen LogP contribution < -0.4 is 20.7 Å². The van der Waals surface area contributed by atoms with Crippen molar-refractivity contribution in [2.45, 2.75) is 27.2 Å². The first-order valence-corrected chi connectivity index (χ1v) is 6.36. The van der Waals surface area contributed by atoms with E-state index in [4.69, 9.17) is 15.3 Å². The van der Waals surface area contributed by atoms with E-state index in [1.54, 1.807) is 13.8 Å². The number of ether oxygens (including phenoxy) is 2. The van der Waals surface area contributed by atoms with Gasteiger partial charge in [0.15, 0.2) is 0 Å². The molecule has 19 heavy (non-hydrogen) atoms. The summed E-state index contributed by atoms with van der Waals surface area (Å²) in [7, 11) is 0. The molecule has 0 saturated heterocycles. The number of hydrogen-bond donors (Lipinski definition) is 2. The maximum absolute atomic E-state index is 11.5. The molecule has 0 aromatic heterocycles. The molecule has 0 radical (unpaired) electrons. The van der Waals surface area contributed by atoms with Crippen molar-refractivity contribution in [1.82, 2.24) is 5.43 Å². The zero-order valence-corrected chi connectivity index (χ0v) is 11.7. The number of amides is 1. The van der Waals surface area contributed by atoms with E-state index in [1.165, 1.54) is 0 Å². The fourth-order valence-electron chi connectivity index (χ4n) is 1.38. The normalized spacial score (nSPS) is 10.9. The van der Waals surface area contributed by atoms with E-state index in [0.717, 1.165) is 12.2 Å². The minimum absolute atomic E-state index is 0.254.